The van der Waals surface area contributed by atoms with Crippen LogP contribution < -0.4 is 10.6 Å². The van der Waals surface area contributed by atoms with Crippen molar-refractivity contribution in [2.24, 2.45) is 7.05 Å². The third kappa shape index (κ3) is 3.43. The molecule has 7 nitrogen and oxygen atoms in total. The number of likely N-dealkylation sites (tertiary alicyclic amines) is 1. The smallest absolute Gasteiger partial charge is 0.319 e. The quantitative estimate of drug-likeness (QED) is 0.661. The lowest BCUT2D eigenvalue weighted by Gasteiger charge is -2.26. The van der Waals surface area contributed by atoms with Crippen LogP contribution in [0.3, 0.4) is 0 Å². The van der Waals surface area contributed by atoms with E-state index in [4.69, 9.17) is 0 Å². The molecular formula is C19H24N6O. The predicted octanol–water partition coefficient (Wildman–Crippen LogP) is 2.86. The van der Waals surface area contributed by atoms with Crippen molar-refractivity contribution in [1.82, 2.24) is 24.8 Å². The molecule has 0 saturated carbocycles. The fourth-order valence-corrected chi connectivity index (χ4v) is 3.63. The Labute approximate surface area is 152 Å². The van der Waals surface area contributed by atoms with Gasteiger partial charge in [0.05, 0.1) is 23.8 Å². The number of fused-ring (bicyclic) bond motifs is 1. The molecule has 1 atom stereocenters. The van der Waals surface area contributed by atoms with Crippen molar-refractivity contribution in [1.29, 1.82) is 0 Å². The Kier molecular flexibility index (Phi) is 4.62. The van der Waals surface area contributed by atoms with E-state index in [1.54, 1.807) is 0 Å². The molecule has 1 fully saturated rings. The van der Waals surface area contributed by atoms with E-state index < -0.39 is 0 Å². The molecule has 3 N–H and O–H groups in total. The van der Waals surface area contributed by atoms with Gasteiger partial charge in [-0.1, -0.05) is 6.07 Å². The summed E-state index contributed by atoms with van der Waals surface area (Å²) in [5.74, 6) is 0. The lowest BCUT2D eigenvalue weighted by Crippen LogP contribution is -2.38. The molecule has 3 heterocycles. The molecule has 4 rings (SSSR count). The topological polar surface area (TPSA) is 78.0 Å². The number of benzene rings is 1. The second-order valence-electron chi connectivity index (χ2n) is 6.80. The average Bonchev–Trinajstić information content (AvgIpc) is 3.37. The molecule has 1 saturated heterocycles. The summed E-state index contributed by atoms with van der Waals surface area (Å²) in [6.07, 6.45) is 8.11. The predicted molar refractivity (Wildman–Crippen MR) is 102 cm³/mol. The molecule has 2 aromatic heterocycles. The van der Waals surface area contributed by atoms with Crippen LogP contribution in [0.5, 0.6) is 0 Å². The second-order valence-corrected chi connectivity index (χ2v) is 6.80. The Hall–Kier alpha value is -2.80. The fraction of sp³-hybridized carbons (Fsp3) is 0.368. The number of hydrogen-bond acceptors (Lipinski definition) is 3. The molecule has 1 aliphatic heterocycles. The highest BCUT2D eigenvalue weighted by atomic mass is 16.2. The van der Waals surface area contributed by atoms with Gasteiger partial charge in [0, 0.05) is 36.9 Å². The monoisotopic (exact) mass is 352 g/mol. The highest BCUT2D eigenvalue weighted by molar-refractivity contribution is 6.00. The number of rotatable bonds is 5. The SMILES string of the molecule is Cn1cnc(C(CNC(=O)Nc2cccc3[nH]ccc23)N2CCCC2)c1. The van der Waals surface area contributed by atoms with E-state index in [9.17, 15) is 4.79 Å². The third-order valence-electron chi connectivity index (χ3n) is 4.95. The van der Waals surface area contributed by atoms with Crippen molar-refractivity contribution in [2.75, 3.05) is 25.0 Å². The van der Waals surface area contributed by atoms with Gasteiger partial charge in [-0.15, -0.1) is 0 Å². The van der Waals surface area contributed by atoms with E-state index in [2.05, 4.69) is 25.5 Å². The zero-order chi connectivity index (χ0) is 17.9. The summed E-state index contributed by atoms with van der Waals surface area (Å²) in [6, 6.07) is 7.70. The molecule has 136 valence electrons. The maximum absolute atomic E-state index is 12.5. The molecule has 1 aliphatic rings. The number of carbonyl (C=O) groups is 1. The summed E-state index contributed by atoms with van der Waals surface area (Å²) >= 11 is 0. The van der Waals surface area contributed by atoms with Crippen molar-refractivity contribution < 1.29 is 4.79 Å². The highest BCUT2D eigenvalue weighted by Crippen LogP contribution is 2.24. The number of nitrogens with one attached hydrogen (secondary N) is 3. The molecule has 0 radical (unpaired) electrons. The van der Waals surface area contributed by atoms with Crippen LogP contribution >= 0.6 is 0 Å². The summed E-state index contributed by atoms with van der Waals surface area (Å²) in [4.78, 5) is 22.5. The van der Waals surface area contributed by atoms with Crippen LogP contribution in [-0.2, 0) is 7.05 Å². The Morgan fingerprint density at radius 1 is 1.31 bits per heavy atom. The number of aryl methyl sites for hydroxylation is 1. The maximum atomic E-state index is 12.5. The van der Waals surface area contributed by atoms with Crippen LogP contribution in [0.25, 0.3) is 10.9 Å². The zero-order valence-electron chi connectivity index (χ0n) is 14.9. The molecular weight excluding hydrogens is 328 g/mol. The number of hydrogen-bond donors (Lipinski definition) is 3. The van der Waals surface area contributed by atoms with Gasteiger partial charge >= 0.3 is 6.03 Å². The lowest BCUT2D eigenvalue weighted by atomic mass is 10.2. The van der Waals surface area contributed by atoms with E-state index in [-0.39, 0.29) is 12.1 Å². The number of anilines is 1. The van der Waals surface area contributed by atoms with Crippen LogP contribution in [-0.4, -0.2) is 45.1 Å². The Morgan fingerprint density at radius 3 is 2.92 bits per heavy atom. The molecule has 0 bridgehead atoms. The average molecular weight is 352 g/mol. The third-order valence-corrected chi connectivity index (χ3v) is 4.95. The van der Waals surface area contributed by atoms with Gasteiger partial charge in [-0.25, -0.2) is 9.78 Å². The van der Waals surface area contributed by atoms with Gasteiger partial charge in [0.25, 0.3) is 0 Å². The minimum atomic E-state index is -0.196. The number of urea groups is 1. The van der Waals surface area contributed by atoms with Crippen LogP contribution in [0.1, 0.15) is 24.6 Å². The normalized spacial score (nSPS) is 16.0. The van der Waals surface area contributed by atoms with Crippen LogP contribution in [0.2, 0.25) is 0 Å². The molecule has 7 heteroatoms. The molecule has 1 aromatic carbocycles. The van der Waals surface area contributed by atoms with Crippen molar-refractivity contribution in [3.8, 4) is 0 Å². The minimum absolute atomic E-state index is 0.104. The van der Waals surface area contributed by atoms with Crippen molar-refractivity contribution >= 4 is 22.6 Å². The van der Waals surface area contributed by atoms with E-state index in [0.717, 1.165) is 35.4 Å². The van der Waals surface area contributed by atoms with Gasteiger partial charge in [-0.3, -0.25) is 4.90 Å². The minimum Gasteiger partial charge on any atom is -0.361 e. The van der Waals surface area contributed by atoms with E-state index in [1.165, 1.54) is 12.8 Å². The summed E-state index contributed by atoms with van der Waals surface area (Å²) in [5, 5.41) is 6.98. The summed E-state index contributed by atoms with van der Waals surface area (Å²) in [7, 11) is 1.97. The summed E-state index contributed by atoms with van der Waals surface area (Å²) in [5.41, 5.74) is 2.81. The number of aromatic amines is 1. The molecule has 0 aliphatic carbocycles. The Morgan fingerprint density at radius 2 is 2.15 bits per heavy atom. The van der Waals surface area contributed by atoms with Crippen LogP contribution in [0.15, 0.2) is 43.0 Å². The Bertz CT molecular complexity index is 892. The highest BCUT2D eigenvalue weighted by Gasteiger charge is 2.25. The number of amides is 2. The van der Waals surface area contributed by atoms with Gasteiger partial charge in [0.15, 0.2) is 0 Å². The van der Waals surface area contributed by atoms with Gasteiger partial charge < -0.3 is 20.2 Å². The maximum Gasteiger partial charge on any atom is 0.319 e. The van der Waals surface area contributed by atoms with Crippen LogP contribution in [0.4, 0.5) is 10.5 Å². The first-order valence-electron chi connectivity index (χ1n) is 9.03. The number of imidazole rings is 1. The van der Waals surface area contributed by atoms with Gasteiger partial charge in [0.2, 0.25) is 0 Å². The first-order chi connectivity index (χ1) is 12.7. The van der Waals surface area contributed by atoms with Crippen molar-refractivity contribution in [3.05, 3.63) is 48.7 Å². The fourth-order valence-electron chi connectivity index (χ4n) is 3.63. The number of aromatic nitrogens is 3. The summed E-state index contributed by atoms with van der Waals surface area (Å²) < 4.78 is 1.95. The lowest BCUT2D eigenvalue weighted by molar-refractivity contribution is 0.225. The van der Waals surface area contributed by atoms with Gasteiger partial charge in [-0.2, -0.15) is 0 Å². The van der Waals surface area contributed by atoms with Gasteiger partial charge in [-0.05, 0) is 44.1 Å². The number of H-pyrrole nitrogens is 1. The number of carbonyl (C=O) groups excluding carboxylic acids is 1. The van der Waals surface area contributed by atoms with Crippen molar-refractivity contribution in [2.45, 2.75) is 18.9 Å². The van der Waals surface area contributed by atoms with E-state index >= 15 is 0 Å². The molecule has 3 aromatic rings. The molecule has 2 amide bonds. The Balaban J connectivity index is 1.43. The molecule has 26 heavy (non-hydrogen) atoms. The largest absolute Gasteiger partial charge is 0.361 e. The van der Waals surface area contributed by atoms with E-state index in [0.29, 0.717) is 6.54 Å². The van der Waals surface area contributed by atoms with E-state index in [1.807, 2.05) is 54.6 Å². The zero-order valence-corrected chi connectivity index (χ0v) is 14.9. The first-order valence-corrected chi connectivity index (χ1v) is 9.03. The molecule has 0 spiro atoms. The van der Waals surface area contributed by atoms with Gasteiger partial charge in [0.1, 0.15) is 0 Å². The second kappa shape index (κ2) is 7.21. The molecule has 1 unspecified atom stereocenters. The van der Waals surface area contributed by atoms with Crippen LogP contribution in [0, 0.1) is 0 Å². The number of nitrogens with zero attached hydrogens (tertiary/aromatic N) is 3. The van der Waals surface area contributed by atoms with Crippen molar-refractivity contribution in [3.63, 3.8) is 0 Å². The summed E-state index contributed by atoms with van der Waals surface area (Å²) in [6.45, 7) is 2.63. The first kappa shape index (κ1) is 16.7. The standard InChI is InChI=1S/C19H24N6O/c1-24-12-17(22-13-24)18(25-9-2-3-10-25)11-21-19(26)23-16-6-4-5-15-14(16)7-8-20-15/h4-8,12-13,18,20H,2-3,9-11H2,1H3,(H2,21,23,26).